The molecule has 2 N–H and O–H groups in total. The molecule has 0 heterocycles. The van der Waals surface area contributed by atoms with Gasteiger partial charge in [0.25, 0.3) is 11.8 Å². The Bertz CT molecular complexity index is 1010. The van der Waals surface area contributed by atoms with Crippen LogP contribution in [-0.2, 0) is 0 Å². The summed E-state index contributed by atoms with van der Waals surface area (Å²) in [6.45, 7) is 5.64. The molecule has 0 aromatic heterocycles. The first-order valence-electron chi connectivity index (χ1n) is 12.8. The summed E-state index contributed by atoms with van der Waals surface area (Å²) in [5.74, 6) is 0.956. The van der Waals surface area contributed by atoms with Crippen LogP contribution in [0.25, 0.3) is 0 Å². The number of nitrogens with one attached hydrogen (secondary N) is 2. The molecule has 6 heteroatoms. The minimum atomic E-state index is -0.265. The second-order valence-electron chi connectivity index (χ2n) is 8.61. The number of ether oxygens (including phenoxy) is 2. The number of benzene rings is 3. The fourth-order valence-electron chi connectivity index (χ4n) is 3.58. The summed E-state index contributed by atoms with van der Waals surface area (Å²) < 4.78 is 11.4. The predicted molar refractivity (Wildman–Crippen MR) is 145 cm³/mol. The molecule has 3 rings (SSSR count). The van der Waals surface area contributed by atoms with Crippen LogP contribution in [0.2, 0.25) is 0 Å². The highest BCUT2D eigenvalue weighted by Gasteiger charge is 2.13. The van der Waals surface area contributed by atoms with Crippen molar-refractivity contribution in [3.8, 4) is 11.5 Å². The van der Waals surface area contributed by atoms with Crippen molar-refractivity contribution in [1.29, 1.82) is 0 Å². The molecule has 3 aromatic carbocycles. The summed E-state index contributed by atoms with van der Waals surface area (Å²) in [6.07, 6.45) is 6.58. The van der Waals surface area contributed by atoms with Crippen LogP contribution in [0.3, 0.4) is 0 Å². The molecule has 0 spiro atoms. The molecule has 0 aliphatic heterocycles. The van der Waals surface area contributed by atoms with Crippen LogP contribution in [0.4, 0.5) is 11.4 Å². The van der Waals surface area contributed by atoms with Gasteiger partial charge in [0.05, 0.1) is 24.6 Å². The molecule has 3 aromatic rings. The Morgan fingerprint density at radius 3 is 1.33 bits per heavy atom. The molecule has 0 aliphatic carbocycles. The van der Waals surface area contributed by atoms with E-state index >= 15 is 0 Å². The monoisotopic (exact) mass is 488 g/mol. The highest BCUT2D eigenvalue weighted by Crippen LogP contribution is 2.24. The maximum absolute atomic E-state index is 12.8. The molecule has 0 aliphatic rings. The average molecular weight is 489 g/mol. The number of carbonyl (C=O) groups excluding carboxylic acids is 2. The van der Waals surface area contributed by atoms with Gasteiger partial charge in [-0.1, -0.05) is 51.7 Å². The van der Waals surface area contributed by atoms with E-state index in [-0.39, 0.29) is 11.8 Å². The number of unbranched alkanes of at least 4 members (excludes halogenated alkanes) is 4. The summed E-state index contributed by atoms with van der Waals surface area (Å²) >= 11 is 0. The van der Waals surface area contributed by atoms with Gasteiger partial charge < -0.3 is 20.1 Å². The van der Waals surface area contributed by atoms with Gasteiger partial charge in [0, 0.05) is 11.1 Å². The summed E-state index contributed by atoms with van der Waals surface area (Å²) in [4.78, 5) is 25.6. The van der Waals surface area contributed by atoms with Crippen molar-refractivity contribution < 1.29 is 19.1 Å². The highest BCUT2D eigenvalue weighted by molar-refractivity contribution is 6.10. The van der Waals surface area contributed by atoms with Crippen molar-refractivity contribution in [3.05, 3.63) is 83.9 Å². The maximum Gasteiger partial charge on any atom is 0.255 e. The van der Waals surface area contributed by atoms with Gasteiger partial charge in [0.1, 0.15) is 11.5 Å². The lowest BCUT2D eigenvalue weighted by Gasteiger charge is -2.13. The van der Waals surface area contributed by atoms with Gasteiger partial charge in [-0.15, -0.1) is 0 Å². The summed E-state index contributed by atoms with van der Waals surface area (Å²) in [7, 11) is 0. The molecule has 0 atom stereocenters. The van der Waals surface area contributed by atoms with Gasteiger partial charge in [-0.05, 0) is 73.5 Å². The highest BCUT2D eigenvalue weighted by atomic mass is 16.5. The number of amides is 2. The van der Waals surface area contributed by atoms with Crippen molar-refractivity contribution in [2.75, 3.05) is 23.8 Å². The van der Waals surface area contributed by atoms with Gasteiger partial charge in [-0.2, -0.15) is 0 Å². The van der Waals surface area contributed by atoms with E-state index < -0.39 is 0 Å². The first-order chi connectivity index (χ1) is 17.6. The van der Waals surface area contributed by atoms with E-state index in [0.29, 0.717) is 35.7 Å². The van der Waals surface area contributed by atoms with Gasteiger partial charge >= 0.3 is 0 Å². The summed E-state index contributed by atoms with van der Waals surface area (Å²) in [5.41, 5.74) is 2.05. The number of carbonyl (C=O) groups is 2. The van der Waals surface area contributed by atoms with Crippen LogP contribution in [0.1, 0.15) is 73.1 Å². The topological polar surface area (TPSA) is 76.7 Å². The molecule has 0 bridgehead atoms. The molecule has 0 saturated heterocycles. The minimum Gasteiger partial charge on any atom is -0.494 e. The number of hydrogen-bond acceptors (Lipinski definition) is 4. The molecule has 190 valence electrons. The number of para-hydroxylation sites is 2. The molecule has 0 fully saturated rings. The van der Waals surface area contributed by atoms with E-state index in [1.54, 1.807) is 60.7 Å². The first-order valence-corrected chi connectivity index (χ1v) is 12.8. The van der Waals surface area contributed by atoms with Crippen molar-refractivity contribution in [2.45, 2.75) is 52.4 Å². The quantitative estimate of drug-likeness (QED) is 0.233. The van der Waals surface area contributed by atoms with E-state index in [9.17, 15) is 9.59 Å². The fourth-order valence-corrected chi connectivity index (χ4v) is 3.58. The number of anilines is 2. The zero-order valence-corrected chi connectivity index (χ0v) is 21.2. The molecular formula is C30H36N2O4. The second kappa shape index (κ2) is 14.6. The molecule has 0 radical (unpaired) electrons. The molecule has 0 saturated carbocycles. The van der Waals surface area contributed by atoms with Gasteiger partial charge in [-0.25, -0.2) is 0 Å². The molecule has 36 heavy (non-hydrogen) atoms. The van der Waals surface area contributed by atoms with Crippen LogP contribution in [0.5, 0.6) is 11.5 Å². The van der Waals surface area contributed by atoms with Crippen LogP contribution >= 0.6 is 0 Å². The van der Waals surface area contributed by atoms with E-state index in [1.165, 1.54) is 0 Å². The van der Waals surface area contributed by atoms with Crippen molar-refractivity contribution in [2.24, 2.45) is 0 Å². The smallest absolute Gasteiger partial charge is 0.255 e. The summed E-state index contributed by atoms with van der Waals surface area (Å²) in [5, 5.41) is 5.78. The van der Waals surface area contributed by atoms with Gasteiger partial charge in [0.2, 0.25) is 0 Å². The van der Waals surface area contributed by atoms with Crippen LogP contribution in [0.15, 0.2) is 72.8 Å². The lowest BCUT2D eigenvalue weighted by Crippen LogP contribution is -2.16. The maximum atomic E-state index is 12.8. The molecule has 6 nitrogen and oxygen atoms in total. The van der Waals surface area contributed by atoms with Gasteiger partial charge in [0.15, 0.2) is 0 Å². The van der Waals surface area contributed by atoms with E-state index in [1.807, 2.05) is 12.1 Å². The zero-order valence-electron chi connectivity index (χ0n) is 21.2. The Labute approximate surface area is 214 Å². The first kappa shape index (κ1) is 26.8. The van der Waals surface area contributed by atoms with E-state index in [0.717, 1.165) is 50.0 Å². The third kappa shape index (κ3) is 8.45. The van der Waals surface area contributed by atoms with Crippen LogP contribution in [0, 0.1) is 0 Å². The Balaban J connectivity index is 1.57. The molecule has 0 unspecified atom stereocenters. The Morgan fingerprint density at radius 1 is 0.583 bits per heavy atom. The lowest BCUT2D eigenvalue weighted by molar-refractivity contribution is 0.101. The number of hydrogen-bond donors (Lipinski definition) is 2. The summed E-state index contributed by atoms with van der Waals surface area (Å²) in [6, 6.07) is 21.3. The van der Waals surface area contributed by atoms with Crippen LogP contribution in [-0.4, -0.2) is 25.0 Å². The van der Waals surface area contributed by atoms with E-state index in [2.05, 4.69) is 24.5 Å². The Hall–Kier alpha value is -3.80. The van der Waals surface area contributed by atoms with E-state index in [4.69, 9.17) is 9.47 Å². The van der Waals surface area contributed by atoms with Crippen molar-refractivity contribution in [1.82, 2.24) is 0 Å². The molecule has 2 amide bonds. The average Bonchev–Trinajstić information content (AvgIpc) is 2.91. The predicted octanol–water partition coefficient (Wildman–Crippen LogP) is 7.33. The van der Waals surface area contributed by atoms with Crippen molar-refractivity contribution >= 4 is 23.2 Å². The SMILES string of the molecule is CCCCCOc1ccc(C(=O)Nc2ccccc2NC(=O)c2ccc(OCCCCC)cc2)cc1. The number of rotatable bonds is 14. The minimum absolute atomic E-state index is 0.265. The molecular weight excluding hydrogens is 452 g/mol. The second-order valence-corrected chi connectivity index (χ2v) is 8.61. The third-order valence-corrected chi connectivity index (χ3v) is 5.69. The van der Waals surface area contributed by atoms with Crippen LogP contribution < -0.4 is 20.1 Å². The van der Waals surface area contributed by atoms with Crippen molar-refractivity contribution in [3.63, 3.8) is 0 Å². The lowest BCUT2D eigenvalue weighted by atomic mass is 10.1. The fraction of sp³-hybridized carbons (Fsp3) is 0.333. The standard InChI is InChI=1S/C30H36N2O4/c1-3-5-9-21-35-25-17-13-23(14-18-25)29(33)31-27-11-7-8-12-28(27)32-30(34)24-15-19-26(20-16-24)36-22-10-6-4-2/h7-8,11-20H,3-6,9-10,21-22H2,1-2H3,(H,31,33)(H,32,34). The Kier molecular flexibility index (Phi) is 10.8. The third-order valence-electron chi connectivity index (χ3n) is 5.69. The zero-order chi connectivity index (χ0) is 25.6. The Morgan fingerprint density at radius 2 is 0.972 bits per heavy atom. The van der Waals surface area contributed by atoms with Gasteiger partial charge in [-0.3, -0.25) is 9.59 Å². The normalized spacial score (nSPS) is 10.5. The largest absolute Gasteiger partial charge is 0.494 e.